The zero-order valence-corrected chi connectivity index (χ0v) is 32.0. The average molecular weight is 792 g/mol. The van der Waals surface area contributed by atoms with Gasteiger partial charge in [-0.25, -0.2) is 19.6 Å². The number of nitrogens with zero attached hydrogens (tertiary/aromatic N) is 9. The molecule has 6 aromatic heterocycles. The monoisotopic (exact) mass is 791 g/mol. The largest absolute Gasteiger partial charge is 0.332 e. The molecular formula is C37H33N11O6S2. The van der Waals surface area contributed by atoms with E-state index in [1.54, 1.807) is 11.7 Å². The Morgan fingerprint density at radius 2 is 1.16 bits per heavy atom. The van der Waals surface area contributed by atoms with Crippen LogP contribution in [0, 0.1) is 0 Å². The summed E-state index contributed by atoms with van der Waals surface area (Å²) in [6, 6.07) is 21.1. The fourth-order valence-electron chi connectivity index (χ4n) is 5.96. The normalized spacial score (nSPS) is 11.1. The highest BCUT2D eigenvalue weighted by Gasteiger charge is 2.18. The molecule has 17 nitrogen and oxygen atoms in total. The number of carbonyl (C=O) groups is 2. The lowest BCUT2D eigenvalue weighted by Crippen LogP contribution is -2.37. The van der Waals surface area contributed by atoms with Crippen molar-refractivity contribution in [3.05, 3.63) is 133 Å². The van der Waals surface area contributed by atoms with Crippen LogP contribution in [0.3, 0.4) is 0 Å². The van der Waals surface area contributed by atoms with E-state index in [9.17, 15) is 28.8 Å². The van der Waals surface area contributed by atoms with Crippen molar-refractivity contribution in [1.82, 2.24) is 42.4 Å². The zero-order chi connectivity index (χ0) is 39.7. The SMILES string of the molecule is Cn1c(=O)c2c(ncn2CC(=O)Nc2ccc(-c3ccccc3)s2)n(C)c1=O.Cn1c(=O)c2c(ncn2CC(=O)Nc2ccc(-c3cncs3)cc2)n(C)c1=O. The Bertz CT molecular complexity index is 2990. The molecule has 0 aliphatic heterocycles. The lowest BCUT2D eigenvalue weighted by molar-refractivity contribution is -0.117. The summed E-state index contributed by atoms with van der Waals surface area (Å²) in [7, 11) is 5.87. The van der Waals surface area contributed by atoms with Crippen LogP contribution in [-0.4, -0.2) is 54.2 Å². The Morgan fingerprint density at radius 1 is 0.625 bits per heavy atom. The second kappa shape index (κ2) is 15.4. The maximum absolute atomic E-state index is 12.5. The smallest absolute Gasteiger partial charge is 0.325 e. The van der Waals surface area contributed by atoms with Crippen molar-refractivity contribution in [2.75, 3.05) is 10.6 Å². The van der Waals surface area contributed by atoms with Crippen molar-refractivity contribution in [1.29, 1.82) is 0 Å². The molecule has 0 bridgehead atoms. The second-order valence-electron chi connectivity index (χ2n) is 12.6. The number of aryl methyl sites for hydroxylation is 2. The van der Waals surface area contributed by atoms with Crippen molar-refractivity contribution < 1.29 is 9.59 Å². The van der Waals surface area contributed by atoms with Crippen molar-refractivity contribution in [3.63, 3.8) is 0 Å². The van der Waals surface area contributed by atoms with Gasteiger partial charge >= 0.3 is 11.4 Å². The van der Waals surface area contributed by atoms with Gasteiger partial charge in [0, 0.05) is 45.0 Å². The van der Waals surface area contributed by atoms with Crippen LogP contribution in [0.4, 0.5) is 10.7 Å². The summed E-state index contributed by atoms with van der Waals surface area (Å²) in [5, 5.41) is 6.37. The fourth-order valence-corrected chi connectivity index (χ4v) is 7.52. The molecule has 0 unspecified atom stereocenters. The lowest BCUT2D eigenvalue weighted by atomic mass is 10.2. The van der Waals surface area contributed by atoms with Crippen molar-refractivity contribution in [2.45, 2.75) is 13.1 Å². The van der Waals surface area contributed by atoms with Crippen LogP contribution in [-0.2, 0) is 50.9 Å². The standard InChI is InChI=1S/C19H17N5O3S.C18H16N6O3S/c1-22-17-16(18(26)23(2)19(22)27)24(11-20-17)10-14(25)21-15-9-8-13(28-15)12-6-4-3-5-7-12;1-22-16-15(17(26)23(2)18(22)27)24(9-20-16)8-14(25)21-12-5-3-11(4-6-12)13-7-19-10-28-13/h3-9,11H,10H2,1-2H3,(H,21,25);3-7,9-10H,8H2,1-2H3,(H,21,25). The van der Waals surface area contributed by atoms with Crippen LogP contribution in [0.15, 0.2) is 110 Å². The first-order valence-corrected chi connectivity index (χ1v) is 18.6. The highest BCUT2D eigenvalue weighted by Crippen LogP contribution is 2.31. The quantitative estimate of drug-likeness (QED) is 0.233. The van der Waals surface area contributed by atoms with Gasteiger partial charge in [0.05, 0.1) is 28.0 Å². The van der Waals surface area contributed by atoms with Crippen molar-refractivity contribution in [2.24, 2.45) is 28.2 Å². The molecule has 0 aliphatic carbocycles. The highest BCUT2D eigenvalue weighted by atomic mass is 32.1. The van der Waals surface area contributed by atoms with Gasteiger partial charge in [0.2, 0.25) is 11.8 Å². The molecule has 8 aromatic rings. The number of hydrogen-bond acceptors (Lipinski definition) is 11. The molecule has 19 heteroatoms. The molecule has 0 aliphatic rings. The van der Waals surface area contributed by atoms with E-state index in [0.29, 0.717) is 10.7 Å². The third-order valence-electron chi connectivity index (χ3n) is 8.87. The molecule has 6 heterocycles. The summed E-state index contributed by atoms with van der Waals surface area (Å²) in [5.74, 6) is -0.586. The van der Waals surface area contributed by atoms with Crippen molar-refractivity contribution >= 4 is 67.5 Å². The maximum Gasteiger partial charge on any atom is 0.332 e. The Hall–Kier alpha value is -6.99. The summed E-state index contributed by atoms with van der Waals surface area (Å²) in [6.07, 6.45) is 4.57. The minimum absolute atomic E-state index is 0.0808. The molecule has 0 spiro atoms. The molecule has 2 amide bonds. The molecule has 56 heavy (non-hydrogen) atoms. The van der Waals surface area contributed by atoms with E-state index in [2.05, 4.69) is 25.6 Å². The van der Waals surface area contributed by atoms with Gasteiger partial charge in [-0.05, 0) is 35.4 Å². The number of aromatic nitrogens is 9. The predicted octanol–water partition coefficient (Wildman–Crippen LogP) is 3.00. The number of rotatable bonds is 8. The Morgan fingerprint density at radius 3 is 1.70 bits per heavy atom. The van der Waals surface area contributed by atoms with Gasteiger partial charge in [0.1, 0.15) is 13.1 Å². The van der Waals surface area contributed by atoms with Crippen LogP contribution in [0.5, 0.6) is 0 Å². The Balaban J connectivity index is 0.000000172. The number of nitrogens with one attached hydrogen (secondary N) is 2. The number of carbonyl (C=O) groups excluding carboxylic acids is 2. The summed E-state index contributed by atoms with van der Waals surface area (Å²) in [6.45, 7) is -0.178. The average Bonchev–Trinajstić information content (AvgIpc) is 4.04. The summed E-state index contributed by atoms with van der Waals surface area (Å²) in [4.78, 5) is 88.1. The van der Waals surface area contributed by atoms with Crippen molar-refractivity contribution in [3.8, 4) is 20.9 Å². The zero-order valence-electron chi connectivity index (χ0n) is 30.4. The molecular weight excluding hydrogens is 759 g/mol. The second-order valence-corrected chi connectivity index (χ2v) is 14.5. The van der Waals surface area contributed by atoms with Gasteiger partial charge in [0.25, 0.3) is 11.1 Å². The molecule has 0 saturated carbocycles. The molecule has 2 aromatic carbocycles. The topological polar surface area (TPSA) is 195 Å². The molecule has 0 saturated heterocycles. The molecule has 0 fully saturated rings. The number of benzene rings is 2. The molecule has 0 radical (unpaired) electrons. The lowest BCUT2D eigenvalue weighted by Gasteiger charge is -2.08. The predicted molar refractivity (Wildman–Crippen MR) is 215 cm³/mol. The summed E-state index contributed by atoms with van der Waals surface area (Å²) in [5.41, 5.74) is 3.54. The number of amides is 2. The number of thiophene rings is 1. The third-order valence-corrected chi connectivity index (χ3v) is 10.7. The third kappa shape index (κ3) is 7.27. The Kier molecular flexibility index (Phi) is 10.3. The van der Waals surface area contributed by atoms with Crippen LogP contribution in [0.1, 0.15) is 0 Å². The first kappa shape index (κ1) is 37.3. The minimum Gasteiger partial charge on any atom is -0.325 e. The van der Waals surface area contributed by atoms with Gasteiger partial charge in [-0.1, -0.05) is 42.5 Å². The van der Waals surface area contributed by atoms with E-state index in [1.165, 1.54) is 81.8 Å². The number of thiazole rings is 1. The number of anilines is 2. The Labute approximate surface area is 324 Å². The van der Waals surface area contributed by atoms with Gasteiger partial charge in [-0.3, -0.25) is 42.4 Å². The van der Waals surface area contributed by atoms with Gasteiger partial charge in [-0.15, -0.1) is 22.7 Å². The van der Waals surface area contributed by atoms with Gasteiger partial charge in [-0.2, -0.15) is 0 Å². The van der Waals surface area contributed by atoms with E-state index >= 15 is 0 Å². The number of hydrogen-bond donors (Lipinski definition) is 2. The number of fused-ring (bicyclic) bond motifs is 2. The summed E-state index contributed by atoms with van der Waals surface area (Å²) < 4.78 is 7.47. The molecule has 284 valence electrons. The first-order chi connectivity index (χ1) is 26.9. The van der Waals surface area contributed by atoms with E-state index < -0.39 is 22.5 Å². The van der Waals surface area contributed by atoms with E-state index in [0.717, 1.165) is 30.0 Å². The summed E-state index contributed by atoms with van der Waals surface area (Å²) >= 11 is 3.01. The molecule has 8 rings (SSSR count). The first-order valence-electron chi connectivity index (χ1n) is 16.9. The van der Waals surface area contributed by atoms with Crippen LogP contribution < -0.4 is 33.1 Å². The van der Waals surface area contributed by atoms with Crippen LogP contribution >= 0.6 is 22.7 Å². The van der Waals surface area contributed by atoms with E-state index in [4.69, 9.17) is 0 Å². The van der Waals surface area contributed by atoms with Gasteiger partial charge in [0.15, 0.2) is 22.3 Å². The maximum atomic E-state index is 12.5. The van der Waals surface area contributed by atoms with E-state index in [1.807, 2.05) is 66.7 Å². The minimum atomic E-state index is -0.489. The molecule has 2 N–H and O–H groups in total. The highest BCUT2D eigenvalue weighted by molar-refractivity contribution is 7.19. The van der Waals surface area contributed by atoms with Crippen LogP contribution in [0.25, 0.3) is 43.2 Å². The fraction of sp³-hybridized carbons (Fsp3) is 0.162. The molecule has 0 atom stereocenters. The van der Waals surface area contributed by atoms with Gasteiger partial charge < -0.3 is 19.8 Å². The number of imidazole rings is 2. The van der Waals surface area contributed by atoms with E-state index in [-0.39, 0.29) is 47.2 Å². The van der Waals surface area contributed by atoms with Crippen LogP contribution in [0.2, 0.25) is 0 Å².